The highest BCUT2D eigenvalue weighted by atomic mass is 19.4. The maximum atomic E-state index is 13.0. The molecule has 4 aromatic rings. The number of alkyl halides is 3. The van der Waals surface area contributed by atoms with E-state index in [0.29, 0.717) is 23.3 Å². The number of amides is 2. The number of halogens is 3. The van der Waals surface area contributed by atoms with Crippen molar-refractivity contribution in [2.45, 2.75) is 20.0 Å². The normalized spacial score (nSPS) is 11.1. The van der Waals surface area contributed by atoms with Gasteiger partial charge in [0, 0.05) is 42.3 Å². The van der Waals surface area contributed by atoms with Gasteiger partial charge in [-0.1, -0.05) is 6.07 Å². The molecule has 0 unspecified atom stereocenters. The minimum absolute atomic E-state index is 0.154. The lowest BCUT2D eigenvalue weighted by Crippen LogP contribution is -2.15. The third kappa shape index (κ3) is 5.72. The fourth-order valence-corrected chi connectivity index (χ4v) is 3.54. The lowest BCUT2D eigenvalue weighted by Gasteiger charge is -2.12. The molecule has 0 spiro atoms. The van der Waals surface area contributed by atoms with Crippen molar-refractivity contribution in [3.8, 4) is 22.4 Å². The van der Waals surface area contributed by atoms with Gasteiger partial charge >= 0.3 is 6.18 Å². The number of carbonyl (C=O) groups is 2. The van der Waals surface area contributed by atoms with E-state index in [1.54, 1.807) is 42.7 Å². The van der Waals surface area contributed by atoms with Crippen LogP contribution in [-0.4, -0.2) is 26.8 Å². The number of pyridine rings is 3. The predicted octanol–water partition coefficient (Wildman–Crippen LogP) is 5.74. The first-order valence-electron chi connectivity index (χ1n) is 10.8. The molecule has 0 atom stereocenters. The standard InChI is InChI=1S/C26H20F3N5O2/c1-15-3-4-20(34-25(36)19-7-9-31-23(12-19)26(27,28)29)14-21(15)17-5-8-30-22(11-17)18-6-10-32-24(13-18)33-16(2)35/h3-14H,1-2H3,(H,34,36)(H,32,33,35). The van der Waals surface area contributed by atoms with Crippen LogP contribution in [0.4, 0.5) is 24.7 Å². The zero-order valence-electron chi connectivity index (χ0n) is 19.2. The summed E-state index contributed by atoms with van der Waals surface area (Å²) in [7, 11) is 0. The van der Waals surface area contributed by atoms with Gasteiger partial charge in [-0.05, 0) is 72.1 Å². The second kappa shape index (κ2) is 9.95. The average molecular weight is 491 g/mol. The number of aryl methyl sites for hydroxylation is 1. The summed E-state index contributed by atoms with van der Waals surface area (Å²) < 4.78 is 38.9. The third-order valence-electron chi connectivity index (χ3n) is 5.24. The number of benzene rings is 1. The smallest absolute Gasteiger partial charge is 0.322 e. The molecule has 0 fully saturated rings. The van der Waals surface area contributed by atoms with Gasteiger partial charge in [-0.25, -0.2) is 4.98 Å². The van der Waals surface area contributed by atoms with Crippen molar-refractivity contribution >= 4 is 23.3 Å². The summed E-state index contributed by atoms with van der Waals surface area (Å²) in [6.07, 6.45) is -0.486. The number of nitrogens with one attached hydrogen (secondary N) is 2. The van der Waals surface area contributed by atoms with E-state index in [2.05, 4.69) is 25.6 Å². The van der Waals surface area contributed by atoms with Crippen molar-refractivity contribution in [1.82, 2.24) is 15.0 Å². The molecule has 7 nitrogen and oxygen atoms in total. The Bertz CT molecular complexity index is 1450. The highest BCUT2D eigenvalue weighted by Gasteiger charge is 2.33. The Morgan fingerprint density at radius 2 is 1.53 bits per heavy atom. The van der Waals surface area contributed by atoms with Crippen LogP contribution in [0.2, 0.25) is 0 Å². The number of carbonyl (C=O) groups excluding carboxylic acids is 2. The number of rotatable bonds is 5. The Balaban J connectivity index is 1.62. The Labute approximate surface area is 204 Å². The zero-order chi connectivity index (χ0) is 25.9. The number of aromatic nitrogens is 3. The molecule has 4 rings (SSSR count). The van der Waals surface area contributed by atoms with Crippen LogP contribution in [-0.2, 0) is 11.0 Å². The van der Waals surface area contributed by atoms with E-state index in [-0.39, 0.29) is 11.5 Å². The molecular weight excluding hydrogens is 471 g/mol. The quantitative estimate of drug-likeness (QED) is 0.371. The van der Waals surface area contributed by atoms with Gasteiger partial charge in [-0.15, -0.1) is 0 Å². The number of hydrogen-bond donors (Lipinski definition) is 2. The first-order chi connectivity index (χ1) is 17.1. The SMILES string of the molecule is CC(=O)Nc1cc(-c2cc(-c3cc(NC(=O)c4ccnc(C(F)(F)F)c4)ccc3C)ccn2)ccn1. The van der Waals surface area contributed by atoms with Gasteiger partial charge in [-0.3, -0.25) is 19.6 Å². The molecule has 1 aromatic carbocycles. The summed E-state index contributed by atoms with van der Waals surface area (Å²) in [6, 6.07) is 14.3. The molecule has 3 heterocycles. The molecule has 0 aliphatic heterocycles. The van der Waals surface area contributed by atoms with Crippen molar-refractivity contribution in [2.24, 2.45) is 0 Å². The first kappa shape index (κ1) is 24.5. The van der Waals surface area contributed by atoms with Crippen LogP contribution in [0.5, 0.6) is 0 Å². The van der Waals surface area contributed by atoms with Crippen LogP contribution < -0.4 is 10.6 Å². The number of anilines is 2. The predicted molar refractivity (Wildman–Crippen MR) is 129 cm³/mol. The fourth-order valence-electron chi connectivity index (χ4n) is 3.54. The highest BCUT2D eigenvalue weighted by molar-refractivity contribution is 6.04. The van der Waals surface area contributed by atoms with Gasteiger partial charge in [0.15, 0.2) is 0 Å². The summed E-state index contributed by atoms with van der Waals surface area (Å²) in [5, 5.41) is 5.28. The summed E-state index contributed by atoms with van der Waals surface area (Å²) >= 11 is 0. The molecule has 10 heteroatoms. The van der Waals surface area contributed by atoms with E-state index < -0.39 is 17.8 Å². The van der Waals surface area contributed by atoms with E-state index in [1.807, 2.05) is 19.1 Å². The third-order valence-corrected chi connectivity index (χ3v) is 5.24. The van der Waals surface area contributed by atoms with Gasteiger partial charge in [0.1, 0.15) is 11.5 Å². The van der Waals surface area contributed by atoms with Gasteiger partial charge < -0.3 is 10.6 Å². The minimum atomic E-state index is -4.65. The van der Waals surface area contributed by atoms with Crippen LogP contribution in [0.1, 0.15) is 28.5 Å². The molecule has 0 radical (unpaired) electrons. The molecule has 0 aliphatic rings. The van der Waals surface area contributed by atoms with E-state index >= 15 is 0 Å². The second-order valence-corrected chi connectivity index (χ2v) is 7.95. The van der Waals surface area contributed by atoms with Crippen molar-refractivity contribution in [3.05, 3.63) is 90.0 Å². The molecular formula is C26H20F3N5O2. The fraction of sp³-hybridized carbons (Fsp3) is 0.115. The Kier molecular flexibility index (Phi) is 6.77. The Morgan fingerprint density at radius 3 is 2.28 bits per heavy atom. The molecule has 2 amide bonds. The van der Waals surface area contributed by atoms with Crippen LogP contribution >= 0.6 is 0 Å². The van der Waals surface area contributed by atoms with Gasteiger partial charge in [0.05, 0.1) is 5.69 Å². The van der Waals surface area contributed by atoms with E-state index in [1.165, 1.54) is 13.0 Å². The molecule has 0 saturated carbocycles. The Morgan fingerprint density at radius 1 is 0.806 bits per heavy atom. The van der Waals surface area contributed by atoms with E-state index in [9.17, 15) is 22.8 Å². The van der Waals surface area contributed by atoms with Crippen LogP contribution in [0.25, 0.3) is 22.4 Å². The molecule has 36 heavy (non-hydrogen) atoms. The van der Waals surface area contributed by atoms with Gasteiger partial charge in [0.2, 0.25) is 5.91 Å². The number of nitrogens with zero attached hydrogens (tertiary/aromatic N) is 3. The van der Waals surface area contributed by atoms with Crippen molar-refractivity contribution in [2.75, 3.05) is 10.6 Å². The topological polar surface area (TPSA) is 96.9 Å². The minimum Gasteiger partial charge on any atom is -0.322 e. The largest absolute Gasteiger partial charge is 0.433 e. The van der Waals surface area contributed by atoms with E-state index in [4.69, 9.17) is 0 Å². The Hall–Kier alpha value is -4.60. The highest BCUT2D eigenvalue weighted by Crippen LogP contribution is 2.31. The molecule has 0 aliphatic carbocycles. The maximum Gasteiger partial charge on any atom is 0.433 e. The molecule has 2 N–H and O–H groups in total. The molecule has 182 valence electrons. The van der Waals surface area contributed by atoms with Crippen molar-refractivity contribution < 1.29 is 22.8 Å². The van der Waals surface area contributed by atoms with Crippen LogP contribution in [0.3, 0.4) is 0 Å². The summed E-state index contributed by atoms with van der Waals surface area (Å²) in [4.78, 5) is 35.8. The van der Waals surface area contributed by atoms with Crippen LogP contribution in [0, 0.1) is 6.92 Å². The summed E-state index contributed by atoms with van der Waals surface area (Å²) in [5.74, 6) is -0.523. The second-order valence-electron chi connectivity index (χ2n) is 7.95. The van der Waals surface area contributed by atoms with Gasteiger partial charge in [0.25, 0.3) is 5.91 Å². The summed E-state index contributed by atoms with van der Waals surface area (Å²) in [6.45, 7) is 3.30. The molecule has 3 aromatic heterocycles. The first-order valence-corrected chi connectivity index (χ1v) is 10.8. The lowest BCUT2D eigenvalue weighted by molar-refractivity contribution is -0.141. The van der Waals surface area contributed by atoms with E-state index in [0.717, 1.165) is 28.5 Å². The molecule has 0 saturated heterocycles. The maximum absolute atomic E-state index is 13.0. The van der Waals surface area contributed by atoms with Crippen molar-refractivity contribution in [1.29, 1.82) is 0 Å². The lowest BCUT2D eigenvalue weighted by atomic mass is 9.99. The number of hydrogen-bond acceptors (Lipinski definition) is 5. The summed E-state index contributed by atoms with van der Waals surface area (Å²) in [5.41, 5.74) is 3.05. The van der Waals surface area contributed by atoms with Crippen molar-refractivity contribution in [3.63, 3.8) is 0 Å². The van der Waals surface area contributed by atoms with Crippen LogP contribution in [0.15, 0.2) is 73.2 Å². The van der Waals surface area contributed by atoms with Gasteiger partial charge in [-0.2, -0.15) is 13.2 Å². The zero-order valence-corrected chi connectivity index (χ0v) is 19.2. The monoisotopic (exact) mass is 491 g/mol. The molecule has 0 bridgehead atoms. The average Bonchev–Trinajstić information content (AvgIpc) is 2.84.